The first kappa shape index (κ1) is 30.3. The highest BCUT2D eigenvalue weighted by Gasteiger charge is 2.46. The molecule has 1 aliphatic heterocycles. The van der Waals surface area contributed by atoms with Gasteiger partial charge < -0.3 is 15.2 Å². The van der Waals surface area contributed by atoms with Crippen molar-refractivity contribution in [1.82, 2.24) is 5.32 Å². The quantitative estimate of drug-likeness (QED) is 0.290. The smallest absolute Gasteiger partial charge is 0.323 e. The van der Waals surface area contributed by atoms with Crippen molar-refractivity contribution >= 4 is 40.2 Å². The standard InChI is InChI=1S/C35H40N2O6/c1-2-43-33(41)27(17-16-25-13-9-12-24-10-3-5-14-28(24)25)22-35(20-7-8-21-35)34(42)36-29-19-18-26-11-4-6-15-30(26)37(32(29)40)23-31(38)39/h3-6,9-15,27,29H,2,7-8,16-23H2,1H3,(H,36,42)(H,38,39)/t27-,29-/m0/s1. The molecule has 2 aliphatic rings. The molecule has 0 radical (unpaired) electrons. The van der Waals surface area contributed by atoms with Crippen LogP contribution in [0.5, 0.6) is 0 Å². The summed E-state index contributed by atoms with van der Waals surface area (Å²) in [6.07, 6.45) is 5.46. The number of para-hydroxylation sites is 1. The van der Waals surface area contributed by atoms with Crippen molar-refractivity contribution in [2.75, 3.05) is 18.1 Å². The number of hydrogen-bond donors (Lipinski definition) is 2. The average Bonchev–Trinajstić information content (AvgIpc) is 3.45. The Kier molecular flexibility index (Phi) is 9.43. The number of amides is 2. The Labute approximate surface area is 252 Å². The zero-order valence-corrected chi connectivity index (χ0v) is 24.7. The number of carbonyl (C=O) groups excluding carboxylic acids is 3. The third-order valence-electron chi connectivity index (χ3n) is 9.09. The number of aliphatic carboxylic acids is 1. The molecule has 0 saturated heterocycles. The molecule has 1 heterocycles. The minimum absolute atomic E-state index is 0.232. The summed E-state index contributed by atoms with van der Waals surface area (Å²) in [7, 11) is 0. The van der Waals surface area contributed by atoms with E-state index in [2.05, 4.69) is 29.6 Å². The molecule has 43 heavy (non-hydrogen) atoms. The molecule has 2 N–H and O–H groups in total. The van der Waals surface area contributed by atoms with Crippen LogP contribution < -0.4 is 10.2 Å². The number of rotatable bonds is 11. The largest absolute Gasteiger partial charge is 0.480 e. The van der Waals surface area contributed by atoms with Crippen LogP contribution in [0.25, 0.3) is 10.8 Å². The van der Waals surface area contributed by atoms with Crippen LogP contribution in [0.4, 0.5) is 5.69 Å². The molecule has 5 rings (SSSR count). The highest BCUT2D eigenvalue weighted by molar-refractivity contribution is 6.03. The number of carboxylic acid groups (broad SMARTS) is 1. The van der Waals surface area contributed by atoms with Crippen LogP contribution in [-0.2, 0) is 36.8 Å². The van der Waals surface area contributed by atoms with Crippen molar-refractivity contribution in [1.29, 1.82) is 0 Å². The molecule has 1 saturated carbocycles. The van der Waals surface area contributed by atoms with Crippen molar-refractivity contribution in [2.45, 2.75) is 70.8 Å². The second-order valence-electron chi connectivity index (χ2n) is 11.8. The zero-order valence-electron chi connectivity index (χ0n) is 24.7. The second-order valence-corrected chi connectivity index (χ2v) is 11.8. The number of fused-ring (bicyclic) bond motifs is 2. The molecule has 3 aromatic rings. The summed E-state index contributed by atoms with van der Waals surface area (Å²) < 4.78 is 5.50. The normalized spacial score (nSPS) is 18.5. The summed E-state index contributed by atoms with van der Waals surface area (Å²) in [5.74, 6) is -2.54. The van der Waals surface area contributed by atoms with Crippen LogP contribution in [0.15, 0.2) is 66.7 Å². The van der Waals surface area contributed by atoms with Crippen molar-refractivity contribution in [3.63, 3.8) is 0 Å². The lowest BCUT2D eigenvalue weighted by atomic mass is 9.75. The van der Waals surface area contributed by atoms with Crippen LogP contribution in [0.1, 0.15) is 63.0 Å². The maximum Gasteiger partial charge on any atom is 0.323 e. The van der Waals surface area contributed by atoms with Gasteiger partial charge in [0.2, 0.25) is 11.8 Å². The summed E-state index contributed by atoms with van der Waals surface area (Å²) in [4.78, 5) is 54.0. The monoisotopic (exact) mass is 584 g/mol. The van der Waals surface area contributed by atoms with Crippen LogP contribution in [0.3, 0.4) is 0 Å². The fourth-order valence-corrected chi connectivity index (χ4v) is 6.91. The molecule has 0 spiro atoms. The van der Waals surface area contributed by atoms with Gasteiger partial charge in [-0.25, -0.2) is 0 Å². The van der Waals surface area contributed by atoms with Gasteiger partial charge in [-0.3, -0.25) is 24.1 Å². The number of carbonyl (C=O) groups is 4. The first-order valence-electron chi connectivity index (χ1n) is 15.4. The first-order chi connectivity index (χ1) is 20.8. The van der Waals surface area contributed by atoms with E-state index in [9.17, 15) is 24.3 Å². The molecule has 226 valence electrons. The fourth-order valence-electron chi connectivity index (χ4n) is 6.91. The topological polar surface area (TPSA) is 113 Å². The summed E-state index contributed by atoms with van der Waals surface area (Å²) in [6.45, 7) is 1.57. The number of nitrogens with zero attached hydrogens (tertiary/aromatic N) is 1. The zero-order chi connectivity index (χ0) is 30.4. The Bertz CT molecular complexity index is 1490. The Morgan fingerprint density at radius 1 is 1.02 bits per heavy atom. The molecule has 0 unspecified atom stereocenters. The van der Waals surface area contributed by atoms with E-state index >= 15 is 0 Å². The van der Waals surface area contributed by atoms with E-state index in [0.29, 0.717) is 50.6 Å². The third kappa shape index (κ3) is 6.74. The highest BCUT2D eigenvalue weighted by atomic mass is 16.5. The molecular weight excluding hydrogens is 544 g/mol. The summed E-state index contributed by atoms with van der Waals surface area (Å²) in [5, 5.41) is 14.9. The van der Waals surface area contributed by atoms with Gasteiger partial charge in [-0.1, -0.05) is 73.5 Å². The molecule has 2 atom stereocenters. The molecule has 0 aromatic heterocycles. The number of aryl methyl sites for hydroxylation is 2. The van der Waals surface area contributed by atoms with E-state index in [1.807, 2.05) is 30.3 Å². The lowest BCUT2D eigenvalue weighted by Crippen LogP contribution is -2.53. The van der Waals surface area contributed by atoms with Crippen LogP contribution in [-0.4, -0.2) is 48.1 Å². The van der Waals surface area contributed by atoms with Gasteiger partial charge in [0.25, 0.3) is 0 Å². The number of ether oxygens (including phenoxy) is 1. The minimum atomic E-state index is -1.12. The summed E-state index contributed by atoms with van der Waals surface area (Å²) in [6, 6.07) is 20.8. The summed E-state index contributed by atoms with van der Waals surface area (Å²) in [5.41, 5.74) is 1.80. The van der Waals surface area contributed by atoms with Gasteiger partial charge in [-0.05, 0) is 79.8 Å². The van der Waals surface area contributed by atoms with E-state index in [4.69, 9.17) is 4.74 Å². The van der Waals surface area contributed by atoms with Crippen molar-refractivity contribution in [2.24, 2.45) is 11.3 Å². The van der Waals surface area contributed by atoms with Crippen LogP contribution in [0, 0.1) is 11.3 Å². The Morgan fingerprint density at radius 2 is 1.74 bits per heavy atom. The number of nitrogens with one attached hydrogen (secondary N) is 1. The van der Waals surface area contributed by atoms with E-state index in [1.54, 1.807) is 19.1 Å². The van der Waals surface area contributed by atoms with Crippen molar-refractivity contribution < 1.29 is 29.0 Å². The van der Waals surface area contributed by atoms with Crippen molar-refractivity contribution in [3.05, 3.63) is 77.9 Å². The lowest BCUT2D eigenvalue weighted by Gasteiger charge is -2.33. The van der Waals surface area contributed by atoms with E-state index in [0.717, 1.165) is 34.7 Å². The first-order valence-corrected chi connectivity index (χ1v) is 15.4. The van der Waals surface area contributed by atoms with Crippen molar-refractivity contribution in [3.8, 4) is 0 Å². The molecular formula is C35H40N2O6. The lowest BCUT2D eigenvalue weighted by molar-refractivity contribution is -0.150. The molecule has 1 aliphatic carbocycles. The van der Waals surface area contributed by atoms with E-state index in [1.165, 1.54) is 4.90 Å². The van der Waals surface area contributed by atoms with Gasteiger partial charge in [-0.15, -0.1) is 0 Å². The molecule has 1 fully saturated rings. The average molecular weight is 585 g/mol. The summed E-state index contributed by atoms with van der Waals surface area (Å²) >= 11 is 0. The second kappa shape index (κ2) is 13.4. The van der Waals surface area contributed by atoms with Gasteiger partial charge in [-0.2, -0.15) is 0 Å². The van der Waals surface area contributed by atoms with Gasteiger partial charge in [0.05, 0.1) is 17.9 Å². The highest BCUT2D eigenvalue weighted by Crippen LogP contribution is 2.45. The SMILES string of the molecule is CCOC(=O)[C@@H](CCc1cccc2ccccc12)CC1(C(=O)N[C@H]2CCc3ccccc3N(CC(=O)O)C2=O)CCCC1. The number of benzene rings is 3. The number of carboxylic acids is 1. The van der Waals surface area contributed by atoms with Gasteiger partial charge >= 0.3 is 11.9 Å². The molecule has 3 aromatic carbocycles. The number of hydrogen-bond acceptors (Lipinski definition) is 5. The maximum absolute atomic E-state index is 14.1. The van der Waals surface area contributed by atoms with Crippen LogP contribution in [0.2, 0.25) is 0 Å². The Balaban J connectivity index is 1.36. The Hall–Kier alpha value is -4.20. The Morgan fingerprint density at radius 3 is 2.51 bits per heavy atom. The molecule has 8 heteroatoms. The van der Waals surface area contributed by atoms with Gasteiger partial charge in [0.1, 0.15) is 12.6 Å². The molecule has 0 bridgehead atoms. The maximum atomic E-state index is 14.1. The minimum Gasteiger partial charge on any atom is -0.480 e. The van der Waals surface area contributed by atoms with Gasteiger partial charge in [0.15, 0.2) is 0 Å². The third-order valence-corrected chi connectivity index (χ3v) is 9.09. The molecule has 2 amide bonds. The predicted molar refractivity (Wildman–Crippen MR) is 165 cm³/mol. The van der Waals surface area contributed by atoms with Gasteiger partial charge in [0, 0.05) is 5.69 Å². The predicted octanol–water partition coefficient (Wildman–Crippen LogP) is 5.45. The van der Waals surface area contributed by atoms with Crippen LogP contribution >= 0.6 is 0 Å². The number of anilines is 1. The molecule has 8 nitrogen and oxygen atoms in total. The van der Waals surface area contributed by atoms with E-state index < -0.39 is 35.8 Å². The van der Waals surface area contributed by atoms with E-state index in [-0.39, 0.29) is 18.5 Å². The number of esters is 1. The fraction of sp³-hybridized carbons (Fsp3) is 0.429.